The molecule has 1 aliphatic rings. The minimum absolute atomic E-state index is 0.352. The van der Waals surface area contributed by atoms with Gasteiger partial charge in [0.25, 0.3) is 0 Å². The first-order valence-corrected chi connectivity index (χ1v) is 8.01. The van der Waals surface area contributed by atoms with Crippen molar-refractivity contribution < 1.29 is 0 Å². The monoisotopic (exact) mass is 286 g/mol. The third kappa shape index (κ3) is 3.70. The van der Waals surface area contributed by atoms with Crippen LogP contribution in [0, 0.1) is 0 Å². The zero-order chi connectivity index (χ0) is 13.0. The van der Waals surface area contributed by atoms with Gasteiger partial charge in [-0.3, -0.25) is 4.90 Å². The van der Waals surface area contributed by atoms with Crippen LogP contribution in [0.15, 0.2) is 12.1 Å². The summed E-state index contributed by atoms with van der Waals surface area (Å²) in [6, 6.07) is 4.13. The van der Waals surface area contributed by atoms with Crippen LogP contribution in [0.25, 0.3) is 0 Å². The van der Waals surface area contributed by atoms with Gasteiger partial charge >= 0.3 is 0 Å². The van der Waals surface area contributed by atoms with Crippen molar-refractivity contribution in [1.82, 2.24) is 10.2 Å². The predicted octanol–water partition coefficient (Wildman–Crippen LogP) is 3.76. The van der Waals surface area contributed by atoms with E-state index in [1.807, 2.05) is 6.07 Å². The quantitative estimate of drug-likeness (QED) is 0.857. The molecule has 1 saturated heterocycles. The van der Waals surface area contributed by atoms with Crippen LogP contribution in [0.4, 0.5) is 0 Å². The normalized spacial score (nSPS) is 24.0. The first-order valence-electron chi connectivity index (χ1n) is 6.81. The molecule has 0 saturated carbocycles. The molecule has 1 aromatic heterocycles. The van der Waals surface area contributed by atoms with Gasteiger partial charge in [-0.1, -0.05) is 24.9 Å². The van der Waals surface area contributed by atoms with Crippen molar-refractivity contribution in [3.8, 4) is 0 Å². The van der Waals surface area contributed by atoms with E-state index in [0.717, 1.165) is 17.4 Å². The summed E-state index contributed by atoms with van der Waals surface area (Å²) in [6.07, 6.45) is 5.17. The van der Waals surface area contributed by atoms with E-state index in [1.54, 1.807) is 11.3 Å². The average molecular weight is 287 g/mol. The van der Waals surface area contributed by atoms with Gasteiger partial charge in [0.2, 0.25) is 0 Å². The molecule has 102 valence electrons. The van der Waals surface area contributed by atoms with E-state index in [2.05, 4.69) is 30.3 Å². The predicted molar refractivity (Wildman–Crippen MR) is 80.5 cm³/mol. The van der Waals surface area contributed by atoms with Crippen molar-refractivity contribution >= 4 is 22.9 Å². The molecule has 0 amide bonds. The Bertz CT molecular complexity index is 372. The van der Waals surface area contributed by atoms with Crippen LogP contribution in [-0.2, 0) is 6.54 Å². The molecular weight excluding hydrogens is 264 g/mol. The molecule has 0 aromatic carbocycles. The highest BCUT2D eigenvalue weighted by Crippen LogP contribution is 2.27. The van der Waals surface area contributed by atoms with Gasteiger partial charge in [0, 0.05) is 23.5 Å². The van der Waals surface area contributed by atoms with Crippen LogP contribution in [0.1, 0.15) is 37.5 Å². The summed E-state index contributed by atoms with van der Waals surface area (Å²) < 4.78 is 0.890. The Morgan fingerprint density at radius 2 is 2.33 bits per heavy atom. The van der Waals surface area contributed by atoms with E-state index < -0.39 is 0 Å². The Labute approximate surface area is 119 Å². The summed E-state index contributed by atoms with van der Waals surface area (Å²) in [7, 11) is 2.21. The van der Waals surface area contributed by atoms with Crippen LogP contribution in [0.3, 0.4) is 0 Å². The number of hydrogen-bond acceptors (Lipinski definition) is 3. The topological polar surface area (TPSA) is 15.3 Å². The lowest BCUT2D eigenvalue weighted by Gasteiger charge is -2.33. The first-order chi connectivity index (χ1) is 8.63. The van der Waals surface area contributed by atoms with E-state index in [1.165, 1.54) is 37.1 Å². The van der Waals surface area contributed by atoms with E-state index in [9.17, 15) is 0 Å². The number of rotatable bonds is 6. The molecular formula is C14H23ClN2S. The highest BCUT2D eigenvalue weighted by atomic mass is 35.5. The summed E-state index contributed by atoms with van der Waals surface area (Å²) in [5, 5.41) is 3.73. The van der Waals surface area contributed by atoms with Gasteiger partial charge in [0.05, 0.1) is 4.34 Å². The maximum absolute atomic E-state index is 5.98. The second-order valence-corrected chi connectivity index (χ2v) is 7.24. The molecule has 1 atom stereocenters. The summed E-state index contributed by atoms with van der Waals surface area (Å²) in [4.78, 5) is 3.78. The average Bonchev–Trinajstić information content (AvgIpc) is 2.89. The summed E-state index contributed by atoms with van der Waals surface area (Å²) >= 11 is 7.67. The number of thiophene rings is 1. The van der Waals surface area contributed by atoms with Crippen molar-refractivity contribution in [2.75, 3.05) is 20.1 Å². The largest absolute Gasteiger partial charge is 0.310 e. The maximum atomic E-state index is 5.98. The number of likely N-dealkylation sites (N-methyl/N-ethyl adjacent to an activating group) is 1. The molecule has 1 aliphatic heterocycles. The SMILES string of the molecule is CCCC1(CN(C)Cc2ccc(Cl)s2)CCCN1. The second-order valence-electron chi connectivity index (χ2n) is 5.44. The fourth-order valence-corrected chi connectivity index (χ4v) is 4.22. The Kier molecular flexibility index (Phi) is 5.07. The minimum atomic E-state index is 0.352. The molecule has 18 heavy (non-hydrogen) atoms. The molecule has 0 bridgehead atoms. The van der Waals surface area contributed by atoms with Crippen LogP contribution >= 0.6 is 22.9 Å². The highest BCUT2D eigenvalue weighted by molar-refractivity contribution is 7.16. The Hall–Kier alpha value is -0.0900. The van der Waals surface area contributed by atoms with Crippen molar-refractivity contribution in [3.63, 3.8) is 0 Å². The molecule has 0 radical (unpaired) electrons. The smallest absolute Gasteiger partial charge is 0.0931 e. The van der Waals surface area contributed by atoms with Crippen molar-refractivity contribution in [2.45, 2.75) is 44.7 Å². The highest BCUT2D eigenvalue weighted by Gasteiger charge is 2.33. The first kappa shape index (κ1) is 14.3. The van der Waals surface area contributed by atoms with Crippen LogP contribution in [0.2, 0.25) is 4.34 Å². The summed E-state index contributed by atoms with van der Waals surface area (Å²) in [5.74, 6) is 0. The lowest BCUT2D eigenvalue weighted by atomic mass is 9.91. The van der Waals surface area contributed by atoms with E-state index in [0.29, 0.717) is 5.54 Å². The van der Waals surface area contributed by atoms with Gasteiger partial charge < -0.3 is 5.32 Å². The standard InChI is InChI=1S/C14H23ClN2S/c1-3-7-14(8-4-9-16-14)11-17(2)10-12-5-6-13(15)18-12/h5-6,16H,3-4,7-11H2,1-2H3. The van der Waals surface area contributed by atoms with Crippen molar-refractivity contribution in [1.29, 1.82) is 0 Å². The third-order valence-electron chi connectivity index (χ3n) is 3.69. The van der Waals surface area contributed by atoms with Gasteiger partial charge in [0.1, 0.15) is 0 Å². The molecule has 0 aliphatic carbocycles. The molecule has 2 nitrogen and oxygen atoms in total. The minimum Gasteiger partial charge on any atom is -0.310 e. The fraction of sp³-hybridized carbons (Fsp3) is 0.714. The Balaban J connectivity index is 1.90. The molecule has 2 rings (SSSR count). The molecule has 2 heterocycles. The van der Waals surface area contributed by atoms with Gasteiger partial charge in [-0.15, -0.1) is 11.3 Å². The van der Waals surface area contributed by atoms with Gasteiger partial charge in [0.15, 0.2) is 0 Å². The Morgan fingerprint density at radius 1 is 1.50 bits per heavy atom. The lowest BCUT2D eigenvalue weighted by Crippen LogP contribution is -2.48. The molecule has 4 heteroatoms. The van der Waals surface area contributed by atoms with E-state index >= 15 is 0 Å². The number of halogens is 1. The zero-order valence-electron chi connectivity index (χ0n) is 11.3. The van der Waals surface area contributed by atoms with Gasteiger partial charge in [-0.25, -0.2) is 0 Å². The number of hydrogen-bond donors (Lipinski definition) is 1. The molecule has 1 N–H and O–H groups in total. The van der Waals surface area contributed by atoms with E-state index in [-0.39, 0.29) is 0 Å². The fourth-order valence-electron chi connectivity index (χ4n) is 3.05. The molecule has 1 aromatic rings. The number of nitrogens with zero attached hydrogens (tertiary/aromatic N) is 1. The number of nitrogens with one attached hydrogen (secondary N) is 1. The zero-order valence-corrected chi connectivity index (χ0v) is 12.9. The Morgan fingerprint density at radius 3 is 2.89 bits per heavy atom. The maximum Gasteiger partial charge on any atom is 0.0931 e. The lowest BCUT2D eigenvalue weighted by molar-refractivity contribution is 0.209. The van der Waals surface area contributed by atoms with Gasteiger partial charge in [-0.2, -0.15) is 0 Å². The van der Waals surface area contributed by atoms with Gasteiger partial charge in [-0.05, 0) is 45.0 Å². The third-order valence-corrected chi connectivity index (χ3v) is 4.90. The second kappa shape index (κ2) is 6.38. The molecule has 1 unspecified atom stereocenters. The van der Waals surface area contributed by atoms with Crippen LogP contribution < -0.4 is 5.32 Å². The molecule has 1 fully saturated rings. The van der Waals surface area contributed by atoms with Crippen LogP contribution in [0.5, 0.6) is 0 Å². The summed E-state index contributed by atoms with van der Waals surface area (Å²) in [5.41, 5.74) is 0.352. The summed E-state index contributed by atoms with van der Waals surface area (Å²) in [6.45, 7) is 5.60. The van der Waals surface area contributed by atoms with E-state index in [4.69, 9.17) is 11.6 Å². The van der Waals surface area contributed by atoms with Crippen LogP contribution in [-0.4, -0.2) is 30.6 Å². The van der Waals surface area contributed by atoms with Crippen molar-refractivity contribution in [3.05, 3.63) is 21.3 Å². The van der Waals surface area contributed by atoms with Crippen molar-refractivity contribution in [2.24, 2.45) is 0 Å². The molecule has 0 spiro atoms.